The molecule has 4 aliphatic carbocycles. The van der Waals surface area contributed by atoms with Gasteiger partial charge in [-0.3, -0.25) is 0 Å². The van der Waals surface area contributed by atoms with Crippen LogP contribution in [0, 0.1) is 23.2 Å². The molecule has 1 spiro atoms. The molecule has 5 atom stereocenters. The maximum absolute atomic E-state index is 3.60. The van der Waals surface area contributed by atoms with Crippen molar-refractivity contribution >= 4 is 0 Å². The summed E-state index contributed by atoms with van der Waals surface area (Å²) in [7, 11) is 2.18. The van der Waals surface area contributed by atoms with Crippen LogP contribution in [0.15, 0.2) is 0 Å². The van der Waals surface area contributed by atoms with Crippen LogP contribution >= 0.6 is 0 Å². The molecule has 60 valence electrons. The van der Waals surface area contributed by atoms with E-state index >= 15 is 0 Å². The van der Waals surface area contributed by atoms with Crippen LogP contribution in [0.5, 0.6) is 0 Å². The number of rotatable bonds is 1. The zero-order valence-corrected chi connectivity index (χ0v) is 7.06. The van der Waals surface area contributed by atoms with Crippen LogP contribution in [0.3, 0.4) is 0 Å². The highest BCUT2D eigenvalue weighted by molar-refractivity contribution is 5.43. The molecular weight excluding hydrogens is 134 g/mol. The first-order valence-electron chi connectivity index (χ1n) is 5.02. The van der Waals surface area contributed by atoms with Crippen LogP contribution < -0.4 is 5.32 Å². The SMILES string of the molecule is CNC12CC3CC4CC1C32C4. The predicted molar refractivity (Wildman–Crippen MR) is 43.2 cm³/mol. The van der Waals surface area contributed by atoms with Crippen LogP contribution in [-0.4, -0.2) is 12.6 Å². The first-order chi connectivity index (χ1) is 5.33. The van der Waals surface area contributed by atoms with Crippen molar-refractivity contribution in [2.75, 3.05) is 7.05 Å². The van der Waals surface area contributed by atoms with Gasteiger partial charge >= 0.3 is 0 Å². The summed E-state index contributed by atoms with van der Waals surface area (Å²) in [6, 6.07) is 0. The minimum absolute atomic E-state index is 0.685. The Labute approximate surface area is 67.6 Å². The third-order valence-corrected chi connectivity index (χ3v) is 5.52. The summed E-state index contributed by atoms with van der Waals surface area (Å²) in [5.74, 6) is 3.41. The minimum atomic E-state index is 0.685. The molecule has 11 heavy (non-hydrogen) atoms. The first-order valence-corrected chi connectivity index (χ1v) is 5.02. The molecule has 4 rings (SSSR count). The lowest BCUT2D eigenvalue weighted by Gasteiger charge is -2.39. The lowest BCUT2D eigenvalue weighted by atomic mass is 9.71. The van der Waals surface area contributed by atoms with E-state index in [1.165, 1.54) is 6.42 Å². The van der Waals surface area contributed by atoms with Crippen molar-refractivity contribution in [1.82, 2.24) is 5.32 Å². The van der Waals surface area contributed by atoms with Gasteiger partial charge in [0.05, 0.1) is 0 Å². The van der Waals surface area contributed by atoms with E-state index in [4.69, 9.17) is 0 Å². The monoisotopic (exact) mass is 149 g/mol. The molecule has 5 unspecified atom stereocenters. The van der Waals surface area contributed by atoms with E-state index in [0.717, 1.165) is 23.2 Å². The first kappa shape index (κ1) is 5.58. The molecule has 0 saturated heterocycles. The molecule has 4 saturated carbocycles. The Hall–Kier alpha value is -0.0400. The van der Waals surface area contributed by atoms with Gasteiger partial charge in [-0.2, -0.15) is 0 Å². The van der Waals surface area contributed by atoms with Gasteiger partial charge in [0, 0.05) is 5.54 Å². The van der Waals surface area contributed by atoms with Crippen LogP contribution in [0.2, 0.25) is 0 Å². The summed E-state index contributed by atoms with van der Waals surface area (Å²) in [5, 5.41) is 3.60. The van der Waals surface area contributed by atoms with E-state index in [0.29, 0.717) is 5.54 Å². The van der Waals surface area contributed by atoms with Gasteiger partial charge in [-0.1, -0.05) is 0 Å². The van der Waals surface area contributed by atoms with Gasteiger partial charge in [-0.15, -0.1) is 0 Å². The number of nitrogens with one attached hydrogen (secondary N) is 1. The van der Waals surface area contributed by atoms with Crippen molar-refractivity contribution < 1.29 is 0 Å². The van der Waals surface area contributed by atoms with Crippen molar-refractivity contribution in [3.8, 4) is 0 Å². The normalized spacial score (nSPS) is 74.5. The van der Waals surface area contributed by atoms with Gasteiger partial charge in [0.15, 0.2) is 0 Å². The van der Waals surface area contributed by atoms with Crippen molar-refractivity contribution in [3.63, 3.8) is 0 Å². The van der Waals surface area contributed by atoms with Crippen molar-refractivity contribution in [2.24, 2.45) is 23.2 Å². The highest BCUT2D eigenvalue weighted by Crippen LogP contribution is 2.90. The zero-order chi connectivity index (χ0) is 7.27. The Kier molecular flexibility index (Phi) is 0.602. The Morgan fingerprint density at radius 1 is 1.27 bits per heavy atom. The summed E-state index contributed by atoms with van der Waals surface area (Å²) in [4.78, 5) is 0. The Balaban J connectivity index is 1.87. The van der Waals surface area contributed by atoms with Gasteiger partial charge in [0.2, 0.25) is 0 Å². The third-order valence-electron chi connectivity index (χ3n) is 5.52. The third kappa shape index (κ3) is 0.299. The Bertz CT molecular complexity index is 249. The summed E-state index contributed by atoms with van der Waals surface area (Å²) < 4.78 is 0. The number of fused-ring (bicyclic) bond motifs is 2. The summed E-state index contributed by atoms with van der Waals surface area (Å²) >= 11 is 0. The van der Waals surface area contributed by atoms with Gasteiger partial charge in [-0.05, 0) is 55.9 Å². The van der Waals surface area contributed by atoms with Crippen LogP contribution in [0.1, 0.15) is 25.7 Å². The van der Waals surface area contributed by atoms with Crippen LogP contribution in [0.4, 0.5) is 0 Å². The molecule has 1 nitrogen and oxygen atoms in total. The summed E-state index contributed by atoms with van der Waals surface area (Å²) in [6.07, 6.45) is 6.26. The average Bonchev–Trinajstić information content (AvgIpc) is 2.27. The van der Waals surface area contributed by atoms with E-state index in [1.54, 1.807) is 19.3 Å². The molecule has 0 aromatic heterocycles. The molecule has 0 aromatic rings. The molecule has 2 bridgehead atoms. The molecule has 0 amide bonds. The molecule has 0 aromatic carbocycles. The van der Waals surface area contributed by atoms with Crippen molar-refractivity contribution in [1.29, 1.82) is 0 Å². The van der Waals surface area contributed by atoms with E-state index in [9.17, 15) is 0 Å². The smallest absolute Gasteiger partial charge is 0.0278 e. The highest BCUT2D eigenvalue weighted by Gasteiger charge is 2.90. The lowest BCUT2D eigenvalue weighted by Crippen LogP contribution is -2.47. The van der Waals surface area contributed by atoms with E-state index in [1.807, 2.05) is 0 Å². The molecule has 4 fully saturated rings. The van der Waals surface area contributed by atoms with Gasteiger partial charge < -0.3 is 5.32 Å². The van der Waals surface area contributed by atoms with Crippen molar-refractivity contribution in [2.45, 2.75) is 31.2 Å². The number of hydrogen-bond acceptors (Lipinski definition) is 1. The average molecular weight is 149 g/mol. The quantitative estimate of drug-likeness (QED) is 0.594. The summed E-state index contributed by atoms with van der Waals surface area (Å²) in [5.41, 5.74) is 1.55. The van der Waals surface area contributed by atoms with Gasteiger partial charge in [0.25, 0.3) is 0 Å². The molecule has 1 N–H and O–H groups in total. The minimum Gasteiger partial charge on any atom is -0.313 e. The maximum Gasteiger partial charge on any atom is 0.0278 e. The zero-order valence-electron chi connectivity index (χ0n) is 7.06. The fourth-order valence-corrected chi connectivity index (χ4v) is 5.32. The van der Waals surface area contributed by atoms with Crippen molar-refractivity contribution in [3.05, 3.63) is 0 Å². The number of hydrogen-bond donors (Lipinski definition) is 1. The Morgan fingerprint density at radius 3 is 2.82 bits per heavy atom. The standard InChI is InChI=1S/C10H15N/c1-11-10-5-7-2-6-3-8(10)9(7,10)4-6/h6-8,11H,2-5H2,1H3. The van der Waals surface area contributed by atoms with Crippen LogP contribution in [-0.2, 0) is 0 Å². The second-order valence-electron chi connectivity index (χ2n) is 5.26. The molecular formula is C10H15N. The van der Waals surface area contributed by atoms with E-state index in [2.05, 4.69) is 12.4 Å². The van der Waals surface area contributed by atoms with E-state index in [-0.39, 0.29) is 0 Å². The molecule has 0 aliphatic heterocycles. The molecule has 1 heteroatoms. The lowest BCUT2D eigenvalue weighted by molar-refractivity contribution is 0.143. The molecule has 4 aliphatic rings. The predicted octanol–water partition coefficient (Wildman–Crippen LogP) is 1.39. The van der Waals surface area contributed by atoms with E-state index < -0.39 is 0 Å². The largest absolute Gasteiger partial charge is 0.313 e. The maximum atomic E-state index is 3.60. The molecule has 0 heterocycles. The fraction of sp³-hybridized carbons (Fsp3) is 1.00. The fourth-order valence-electron chi connectivity index (χ4n) is 5.32. The molecule has 0 radical (unpaired) electrons. The summed E-state index contributed by atoms with van der Waals surface area (Å²) in [6.45, 7) is 0. The van der Waals surface area contributed by atoms with Gasteiger partial charge in [-0.25, -0.2) is 0 Å². The highest BCUT2D eigenvalue weighted by atomic mass is 15.2. The van der Waals surface area contributed by atoms with Gasteiger partial charge in [0.1, 0.15) is 0 Å². The topological polar surface area (TPSA) is 12.0 Å². The van der Waals surface area contributed by atoms with Crippen LogP contribution in [0.25, 0.3) is 0 Å². The second kappa shape index (κ2) is 1.19. The second-order valence-corrected chi connectivity index (χ2v) is 5.26. The Morgan fingerprint density at radius 2 is 2.18 bits per heavy atom.